The van der Waals surface area contributed by atoms with Gasteiger partial charge in [-0.05, 0) is 31.2 Å². The van der Waals surface area contributed by atoms with Gasteiger partial charge in [0, 0.05) is 16.8 Å². The highest BCUT2D eigenvalue weighted by Crippen LogP contribution is 2.23. The van der Waals surface area contributed by atoms with Gasteiger partial charge in [0.2, 0.25) is 15.9 Å². The summed E-state index contributed by atoms with van der Waals surface area (Å²) in [5, 5.41) is 7.24. The van der Waals surface area contributed by atoms with Crippen LogP contribution in [0, 0.1) is 0 Å². The van der Waals surface area contributed by atoms with Gasteiger partial charge in [-0.15, -0.1) is 0 Å². The molecule has 0 bridgehead atoms. The molecule has 1 aromatic heterocycles. The Morgan fingerprint density at radius 2 is 1.70 bits per heavy atom. The summed E-state index contributed by atoms with van der Waals surface area (Å²) in [7, 11) is -3.27. The zero-order valence-electron chi connectivity index (χ0n) is 13.9. The van der Waals surface area contributed by atoms with Gasteiger partial charge in [0.1, 0.15) is 6.04 Å². The first-order valence-electron chi connectivity index (χ1n) is 7.23. The van der Waals surface area contributed by atoms with Crippen molar-refractivity contribution in [1.29, 1.82) is 0 Å². The van der Waals surface area contributed by atoms with Gasteiger partial charge in [0.05, 0.1) is 6.26 Å². The Labute approximate surface area is 136 Å². The highest BCUT2D eigenvalue weighted by molar-refractivity contribution is 7.92. The summed E-state index contributed by atoms with van der Waals surface area (Å²) in [6, 6.07) is 6.78. The number of aromatic nitrogens is 2. The molecule has 2 N–H and O–H groups in total. The SMILES string of the molecule is CC(Nc1ccc(NS(C)(=O)=O)cc1)c1nc(C(C)(C)C)no1. The number of hydrogen-bond acceptors (Lipinski definition) is 6. The maximum atomic E-state index is 11.2. The van der Waals surface area contributed by atoms with E-state index in [1.807, 2.05) is 27.7 Å². The molecule has 0 fully saturated rings. The molecule has 1 aromatic carbocycles. The lowest BCUT2D eigenvalue weighted by atomic mass is 9.96. The third-order valence-corrected chi connectivity index (χ3v) is 3.66. The predicted octanol–water partition coefficient (Wildman–Crippen LogP) is 2.91. The fourth-order valence-electron chi connectivity index (χ4n) is 1.88. The molecule has 1 heterocycles. The third-order valence-electron chi connectivity index (χ3n) is 3.05. The molecule has 0 radical (unpaired) electrons. The Kier molecular flexibility index (Phi) is 4.65. The molecule has 23 heavy (non-hydrogen) atoms. The van der Waals surface area contributed by atoms with Crippen molar-refractivity contribution in [3.63, 3.8) is 0 Å². The average molecular weight is 338 g/mol. The molecular formula is C15H22N4O3S. The van der Waals surface area contributed by atoms with Gasteiger partial charge in [-0.3, -0.25) is 4.72 Å². The van der Waals surface area contributed by atoms with Gasteiger partial charge in [-0.1, -0.05) is 25.9 Å². The lowest BCUT2D eigenvalue weighted by molar-refractivity contribution is 0.354. The van der Waals surface area contributed by atoms with E-state index >= 15 is 0 Å². The zero-order valence-corrected chi connectivity index (χ0v) is 14.7. The minimum atomic E-state index is -3.27. The number of anilines is 2. The molecular weight excluding hydrogens is 316 g/mol. The van der Waals surface area contributed by atoms with E-state index in [9.17, 15) is 8.42 Å². The van der Waals surface area contributed by atoms with E-state index in [2.05, 4.69) is 20.2 Å². The van der Waals surface area contributed by atoms with Gasteiger partial charge < -0.3 is 9.84 Å². The van der Waals surface area contributed by atoms with E-state index in [4.69, 9.17) is 4.52 Å². The summed E-state index contributed by atoms with van der Waals surface area (Å²) in [6.07, 6.45) is 1.11. The van der Waals surface area contributed by atoms with Crippen LogP contribution >= 0.6 is 0 Å². The Hall–Kier alpha value is -2.09. The summed E-state index contributed by atoms with van der Waals surface area (Å²) in [5.41, 5.74) is 1.17. The van der Waals surface area contributed by atoms with Crippen LogP contribution in [0.1, 0.15) is 45.5 Å². The Bertz CT molecular complexity index is 761. The maximum Gasteiger partial charge on any atom is 0.248 e. The maximum absolute atomic E-state index is 11.2. The molecule has 1 atom stereocenters. The van der Waals surface area contributed by atoms with Gasteiger partial charge in [-0.2, -0.15) is 4.98 Å². The molecule has 1 unspecified atom stereocenters. The summed E-state index contributed by atoms with van der Waals surface area (Å²) < 4.78 is 30.1. The van der Waals surface area contributed by atoms with Crippen molar-refractivity contribution in [3.05, 3.63) is 36.0 Å². The lowest BCUT2D eigenvalue weighted by Crippen LogP contribution is -2.14. The minimum Gasteiger partial charge on any atom is -0.374 e. The van der Waals surface area contributed by atoms with Crippen molar-refractivity contribution < 1.29 is 12.9 Å². The molecule has 2 aromatic rings. The highest BCUT2D eigenvalue weighted by atomic mass is 32.2. The lowest BCUT2D eigenvalue weighted by Gasteiger charge is -2.13. The van der Waals surface area contributed by atoms with E-state index in [0.29, 0.717) is 17.4 Å². The second-order valence-corrected chi connectivity index (χ2v) is 8.27. The van der Waals surface area contributed by atoms with Gasteiger partial charge in [0.25, 0.3) is 0 Å². The van der Waals surface area contributed by atoms with Gasteiger partial charge in [-0.25, -0.2) is 8.42 Å². The highest BCUT2D eigenvalue weighted by Gasteiger charge is 2.23. The first kappa shape index (κ1) is 17.3. The van der Waals surface area contributed by atoms with Crippen LogP contribution in [0.2, 0.25) is 0 Å². The summed E-state index contributed by atoms with van der Waals surface area (Å²) in [4.78, 5) is 4.41. The van der Waals surface area contributed by atoms with E-state index in [-0.39, 0.29) is 11.5 Å². The summed E-state index contributed by atoms with van der Waals surface area (Å²) in [6.45, 7) is 7.98. The molecule has 2 rings (SSSR count). The quantitative estimate of drug-likeness (QED) is 0.870. The Morgan fingerprint density at radius 1 is 1.13 bits per heavy atom. The number of nitrogens with one attached hydrogen (secondary N) is 2. The molecule has 0 spiro atoms. The molecule has 8 heteroatoms. The molecule has 0 saturated heterocycles. The van der Waals surface area contributed by atoms with Crippen LogP contribution in [0.3, 0.4) is 0 Å². The van der Waals surface area contributed by atoms with Crippen LogP contribution < -0.4 is 10.0 Å². The minimum absolute atomic E-state index is 0.160. The van der Waals surface area contributed by atoms with Gasteiger partial charge in [0.15, 0.2) is 5.82 Å². The molecule has 126 valence electrons. The second kappa shape index (κ2) is 6.19. The van der Waals surface area contributed by atoms with Crippen molar-refractivity contribution >= 4 is 21.4 Å². The standard InChI is InChI=1S/C15H22N4O3S/c1-10(13-17-14(18-22-13)15(2,3)4)16-11-6-8-12(9-7-11)19-23(5,20)21/h6-10,16,19H,1-5H3. The third kappa shape index (κ3) is 4.95. The molecule has 0 aliphatic carbocycles. The van der Waals surface area contributed by atoms with E-state index in [1.165, 1.54) is 0 Å². The first-order chi connectivity index (χ1) is 10.5. The molecule has 7 nitrogen and oxygen atoms in total. The number of rotatable bonds is 5. The molecule has 0 amide bonds. The largest absolute Gasteiger partial charge is 0.374 e. The van der Waals surface area contributed by atoms with Crippen LogP contribution in [0.15, 0.2) is 28.8 Å². The number of nitrogens with zero attached hydrogens (tertiary/aromatic N) is 2. The van der Waals surface area contributed by atoms with Crippen molar-refractivity contribution in [1.82, 2.24) is 10.1 Å². The fourth-order valence-corrected chi connectivity index (χ4v) is 2.44. The Morgan fingerprint density at radius 3 is 2.17 bits per heavy atom. The normalized spacial score (nSPS) is 13.6. The monoisotopic (exact) mass is 338 g/mol. The van der Waals surface area contributed by atoms with Crippen molar-refractivity contribution in [2.24, 2.45) is 0 Å². The second-order valence-electron chi connectivity index (χ2n) is 6.52. The molecule has 0 aliphatic heterocycles. The van der Waals surface area contributed by atoms with E-state index < -0.39 is 10.0 Å². The number of sulfonamides is 1. The number of benzene rings is 1. The van der Waals surface area contributed by atoms with E-state index in [0.717, 1.165) is 11.9 Å². The van der Waals surface area contributed by atoms with Crippen LogP contribution in [0.5, 0.6) is 0 Å². The summed E-state index contributed by atoms with van der Waals surface area (Å²) in [5.74, 6) is 1.17. The van der Waals surface area contributed by atoms with Crippen LogP contribution in [-0.2, 0) is 15.4 Å². The predicted molar refractivity (Wildman–Crippen MR) is 89.9 cm³/mol. The smallest absolute Gasteiger partial charge is 0.248 e. The zero-order chi connectivity index (χ0) is 17.3. The summed E-state index contributed by atoms with van der Waals surface area (Å²) >= 11 is 0. The van der Waals surface area contributed by atoms with E-state index in [1.54, 1.807) is 24.3 Å². The fraction of sp³-hybridized carbons (Fsp3) is 0.467. The van der Waals surface area contributed by atoms with Crippen molar-refractivity contribution in [2.45, 2.75) is 39.2 Å². The van der Waals surface area contributed by atoms with Crippen molar-refractivity contribution in [3.8, 4) is 0 Å². The van der Waals surface area contributed by atoms with Gasteiger partial charge >= 0.3 is 0 Å². The number of hydrogen-bond donors (Lipinski definition) is 2. The van der Waals surface area contributed by atoms with Crippen LogP contribution in [0.4, 0.5) is 11.4 Å². The molecule has 0 aliphatic rings. The van der Waals surface area contributed by atoms with Crippen molar-refractivity contribution in [2.75, 3.05) is 16.3 Å². The first-order valence-corrected chi connectivity index (χ1v) is 9.12. The molecule has 0 saturated carbocycles. The Balaban J connectivity index is 2.05. The average Bonchev–Trinajstić information content (AvgIpc) is 2.89. The van der Waals surface area contributed by atoms with Crippen LogP contribution in [-0.4, -0.2) is 24.8 Å². The topological polar surface area (TPSA) is 97.1 Å². The van der Waals surface area contributed by atoms with Crippen LogP contribution in [0.25, 0.3) is 0 Å².